The standard InChI is InChI=1S/C15H19N3O3S/c1-9-15(21)18-12-7-11(3-4-13(12)22-9)8-14(20)17-6-5-16-10(2)19/h3-4,7,9H,5-6,8H2,1-2H3,(H,16,19)(H,17,20)(H,18,21). The molecule has 0 saturated heterocycles. The molecular formula is C15H19N3O3S. The molecule has 1 atom stereocenters. The molecule has 1 unspecified atom stereocenters. The van der Waals surface area contributed by atoms with Gasteiger partial charge in [-0.05, 0) is 24.6 Å². The van der Waals surface area contributed by atoms with E-state index in [9.17, 15) is 14.4 Å². The van der Waals surface area contributed by atoms with Gasteiger partial charge in [0.25, 0.3) is 0 Å². The minimum atomic E-state index is -0.119. The largest absolute Gasteiger partial charge is 0.355 e. The van der Waals surface area contributed by atoms with Gasteiger partial charge in [-0.15, -0.1) is 11.8 Å². The van der Waals surface area contributed by atoms with Crippen LogP contribution in [0, 0.1) is 0 Å². The molecule has 0 aliphatic carbocycles. The van der Waals surface area contributed by atoms with Gasteiger partial charge in [-0.3, -0.25) is 14.4 Å². The van der Waals surface area contributed by atoms with Gasteiger partial charge in [-0.25, -0.2) is 0 Å². The summed E-state index contributed by atoms with van der Waals surface area (Å²) in [4.78, 5) is 35.2. The summed E-state index contributed by atoms with van der Waals surface area (Å²) in [5.74, 6) is -0.255. The number of thioether (sulfide) groups is 1. The summed E-state index contributed by atoms with van der Waals surface area (Å²) in [7, 11) is 0. The maximum Gasteiger partial charge on any atom is 0.237 e. The van der Waals surface area contributed by atoms with E-state index in [0.717, 1.165) is 16.1 Å². The lowest BCUT2D eigenvalue weighted by Gasteiger charge is -2.21. The summed E-state index contributed by atoms with van der Waals surface area (Å²) in [6.45, 7) is 4.10. The van der Waals surface area contributed by atoms with Crippen LogP contribution in [0.4, 0.5) is 5.69 Å². The monoisotopic (exact) mass is 321 g/mol. The van der Waals surface area contributed by atoms with E-state index < -0.39 is 0 Å². The van der Waals surface area contributed by atoms with Crippen LogP contribution in [-0.4, -0.2) is 36.1 Å². The number of nitrogens with one attached hydrogen (secondary N) is 3. The second-order valence-electron chi connectivity index (χ2n) is 5.09. The molecule has 3 N–H and O–H groups in total. The zero-order valence-electron chi connectivity index (χ0n) is 12.6. The van der Waals surface area contributed by atoms with Crippen molar-refractivity contribution in [2.24, 2.45) is 0 Å². The number of rotatable bonds is 5. The lowest BCUT2D eigenvalue weighted by atomic mass is 10.1. The Kier molecular flexibility index (Phi) is 5.43. The van der Waals surface area contributed by atoms with Crippen LogP contribution < -0.4 is 16.0 Å². The predicted octanol–water partition coefficient (Wildman–Crippen LogP) is 0.914. The van der Waals surface area contributed by atoms with Crippen molar-refractivity contribution in [1.29, 1.82) is 0 Å². The van der Waals surface area contributed by atoms with Gasteiger partial charge in [0.15, 0.2) is 0 Å². The topological polar surface area (TPSA) is 87.3 Å². The molecule has 0 aromatic heterocycles. The second-order valence-corrected chi connectivity index (χ2v) is 6.47. The van der Waals surface area contributed by atoms with Crippen LogP contribution in [0.1, 0.15) is 19.4 Å². The van der Waals surface area contributed by atoms with Crippen LogP contribution in [0.15, 0.2) is 23.1 Å². The molecule has 1 aromatic rings. The van der Waals surface area contributed by atoms with Gasteiger partial charge in [0, 0.05) is 24.9 Å². The summed E-state index contributed by atoms with van der Waals surface area (Å²) in [5.41, 5.74) is 1.60. The zero-order chi connectivity index (χ0) is 16.1. The van der Waals surface area contributed by atoms with E-state index in [1.54, 1.807) is 0 Å². The molecule has 1 heterocycles. The highest BCUT2D eigenvalue weighted by Crippen LogP contribution is 2.35. The number of carbonyl (C=O) groups excluding carboxylic acids is 3. The molecule has 0 spiro atoms. The molecule has 6 nitrogen and oxygen atoms in total. The third kappa shape index (κ3) is 4.49. The lowest BCUT2D eigenvalue weighted by molar-refractivity contribution is -0.121. The molecule has 0 saturated carbocycles. The Balaban J connectivity index is 1.88. The lowest BCUT2D eigenvalue weighted by Crippen LogP contribution is -2.34. The minimum absolute atomic E-state index is 0.0191. The number of amides is 3. The Morgan fingerprint density at radius 3 is 2.73 bits per heavy atom. The van der Waals surface area contributed by atoms with Crippen LogP contribution in [0.5, 0.6) is 0 Å². The van der Waals surface area contributed by atoms with Crippen LogP contribution in [-0.2, 0) is 20.8 Å². The molecule has 7 heteroatoms. The number of hydrogen-bond donors (Lipinski definition) is 3. The molecule has 22 heavy (non-hydrogen) atoms. The first-order valence-electron chi connectivity index (χ1n) is 7.07. The van der Waals surface area contributed by atoms with Crippen LogP contribution in [0.2, 0.25) is 0 Å². The highest BCUT2D eigenvalue weighted by atomic mass is 32.2. The highest BCUT2D eigenvalue weighted by Gasteiger charge is 2.23. The van der Waals surface area contributed by atoms with Crippen molar-refractivity contribution < 1.29 is 14.4 Å². The van der Waals surface area contributed by atoms with Crippen LogP contribution in [0.3, 0.4) is 0 Å². The number of fused-ring (bicyclic) bond motifs is 1. The summed E-state index contributed by atoms with van der Waals surface area (Å²) in [6, 6.07) is 5.65. The smallest absolute Gasteiger partial charge is 0.237 e. The fraction of sp³-hybridized carbons (Fsp3) is 0.400. The van der Waals surface area contributed by atoms with Gasteiger partial charge in [0.1, 0.15) is 0 Å². The SMILES string of the molecule is CC(=O)NCCNC(=O)Cc1ccc2c(c1)NC(=O)C(C)S2. The van der Waals surface area contributed by atoms with E-state index in [4.69, 9.17) is 0 Å². The average molecular weight is 321 g/mol. The third-order valence-electron chi connectivity index (χ3n) is 3.16. The van der Waals surface area contributed by atoms with E-state index in [2.05, 4.69) is 16.0 Å². The molecule has 2 rings (SSSR count). The van der Waals surface area contributed by atoms with E-state index in [1.165, 1.54) is 18.7 Å². The molecule has 3 amide bonds. The molecule has 0 radical (unpaired) electrons. The molecule has 0 bridgehead atoms. The van der Waals surface area contributed by atoms with Crippen molar-refractivity contribution in [3.05, 3.63) is 23.8 Å². The first kappa shape index (κ1) is 16.4. The maximum absolute atomic E-state index is 11.8. The number of hydrogen-bond acceptors (Lipinski definition) is 4. The van der Waals surface area contributed by atoms with Gasteiger partial charge in [-0.2, -0.15) is 0 Å². The summed E-state index contributed by atoms with van der Waals surface area (Å²) < 4.78 is 0. The zero-order valence-corrected chi connectivity index (χ0v) is 13.4. The predicted molar refractivity (Wildman–Crippen MR) is 85.8 cm³/mol. The highest BCUT2D eigenvalue weighted by molar-refractivity contribution is 8.00. The van der Waals surface area contributed by atoms with Crippen LogP contribution >= 0.6 is 11.8 Å². The van der Waals surface area contributed by atoms with Crippen molar-refractivity contribution in [2.75, 3.05) is 18.4 Å². The number of carbonyl (C=O) groups is 3. The Labute approximate surface area is 133 Å². The van der Waals surface area contributed by atoms with Gasteiger partial charge in [0.2, 0.25) is 17.7 Å². The molecule has 1 aliphatic heterocycles. The number of benzene rings is 1. The third-order valence-corrected chi connectivity index (χ3v) is 4.34. The Bertz CT molecular complexity index is 604. The molecule has 1 aliphatic rings. The van der Waals surface area contributed by atoms with E-state index in [0.29, 0.717) is 13.1 Å². The van der Waals surface area contributed by atoms with Gasteiger partial charge in [0.05, 0.1) is 17.4 Å². The maximum atomic E-state index is 11.8. The van der Waals surface area contributed by atoms with Crippen molar-refractivity contribution in [3.8, 4) is 0 Å². The second kappa shape index (κ2) is 7.31. The molecule has 0 fully saturated rings. The fourth-order valence-electron chi connectivity index (χ4n) is 2.05. The average Bonchev–Trinajstić information content (AvgIpc) is 2.45. The fourth-order valence-corrected chi connectivity index (χ4v) is 2.98. The quantitative estimate of drug-likeness (QED) is 0.704. The molecule has 118 valence electrons. The van der Waals surface area contributed by atoms with Gasteiger partial charge in [-0.1, -0.05) is 6.07 Å². The summed E-state index contributed by atoms with van der Waals surface area (Å²) in [6.07, 6.45) is 0.240. The minimum Gasteiger partial charge on any atom is -0.355 e. The van der Waals surface area contributed by atoms with E-state index >= 15 is 0 Å². The van der Waals surface area contributed by atoms with Crippen LogP contribution in [0.25, 0.3) is 0 Å². The van der Waals surface area contributed by atoms with Gasteiger partial charge < -0.3 is 16.0 Å². The van der Waals surface area contributed by atoms with Crippen molar-refractivity contribution in [3.63, 3.8) is 0 Å². The van der Waals surface area contributed by atoms with Gasteiger partial charge >= 0.3 is 0 Å². The summed E-state index contributed by atoms with van der Waals surface area (Å²) >= 11 is 1.51. The Hall–Kier alpha value is -2.02. The number of anilines is 1. The Morgan fingerprint density at radius 2 is 2.00 bits per heavy atom. The first-order chi connectivity index (χ1) is 10.5. The van der Waals surface area contributed by atoms with Crippen molar-refractivity contribution in [2.45, 2.75) is 30.4 Å². The molecular weight excluding hydrogens is 302 g/mol. The van der Waals surface area contributed by atoms with Crippen molar-refractivity contribution >= 4 is 35.2 Å². The van der Waals surface area contributed by atoms with E-state index in [1.807, 2.05) is 25.1 Å². The Morgan fingerprint density at radius 1 is 1.27 bits per heavy atom. The van der Waals surface area contributed by atoms with Crippen molar-refractivity contribution in [1.82, 2.24) is 10.6 Å². The first-order valence-corrected chi connectivity index (χ1v) is 7.95. The van der Waals surface area contributed by atoms with E-state index in [-0.39, 0.29) is 29.4 Å². The normalized spacial score (nSPS) is 16.5. The molecule has 1 aromatic carbocycles. The summed E-state index contributed by atoms with van der Waals surface area (Å²) in [5, 5.41) is 8.09.